The third kappa shape index (κ3) is 3.63. The van der Waals surface area contributed by atoms with Gasteiger partial charge in [-0.3, -0.25) is 4.79 Å². The second-order valence-electron chi connectivity index (χ2n) is 4.87. The van der Waals surface area contributed by atoms with Crippen LogP contribution < -0.4 is 5.32 Å². The summed E-state index contributed by atoms with van der Waals surface area (Å²) in [5.74, 6) is -2.07. The first kappa shape index (κ1) is 17.7. The number of furan rings is 1. The van der Waals surface area contributed by atoms with E-state index in [1.54, 1.807) is 26.0 Å². The lowest BCUT2D eigenvalue weighted by Gasteiger charge is -2.27. The van der Waals surface area contributed by atoms with Crippen molar-refractivity contribution >= 4 is 23.7 Å². The summed E-state index contributed by atoms with van der Waals surface area (Å²) in [6.07, 6.45) is 1.45. The first-order valence-corrected chi connectivity index (χ1v) is 8.15. The molecule has 1 atom stereocenters. The quantitative estimate of drug-likeness (QED) is 0.753. The van der Waals surface area contributed by atoms with Crippen LogP contribution in [0.3, 0.4) is 0 Å². The SMILES string of the molecule is CCOC(=O)C1=C(C)NC(SCC(=O)O)=C(C#N)[C@H]1c1ccco1. The van der Waals surface area contributed by atoms with Crippen LogP contribution in [0.1, 0.15) is 25.5 Å². The highest BCUT2D eigenvalue weighted by molar-refractivity contribution is 8.03. The van der Waals surface area contributed by atoms with Crippen molar-refractivity contribution in [1.29, 1.82) is 5.26 Å². The van der Waals surface area contributed by atoms with Gasteiger partial charge in [0.05, 0.1) is 46.8 Å². The Morgan fingerprint density at radius 3 is 2.83 bits per heavy atom. The Morgan fingerprint density at radius 1 is 1.54 bits per heavy atom. The minimum Gasteiger partial charge on any atom is -0.481 e. The smallest absolute Gasteiger partial charge is 0.336 e. The third-order valence-corrected chi connectivity index (χ3v) is 4.31. The zero-order valence-corrected chi connectivity index (χ0v) is 14.0. The number of carboxylic acid groups (broad SMARTS) is 1. The Labute approximate surface area is 143 Å². The van der Waals surface area contributed by atoms with Crippen molar-refractivity contribution in [1.82, 2.24) is 5.32 Å². The van der Waals surface area contributed by atoms with Crippen molar-refractivity contribution in [2.75, 3.05) is 12.4 Å². The zero-order valence-electron chi connectivity index (χ0n) is 13.2. The van der Waals surface area contributed by atoms with E-state index in [9.17, 15) is 14.9 Å². The Morgan fingerprint density at radius 2 is 2.29 bits per heavy atom. The van der Waals surface area contributed by atoms with E-state index >= 15 is 0 Å². The number of dihydropyridines is 1. The van der Waals surface area contributed by atoms with Crippen molar-refractivity contribution in [3.05, 3.63) is 46.0 Å². The van der Waals surface area contributed by atoms with Gasteiger partial charge in [-0.2, -0.15) is 5.26 Å². The monoisotopic (exact) mass is 348 g/mol. The summed E-state index contributed by atoms with van der Waals surface area (Å²) in [5, 5.41) is 21.8. The van der Waals surface area contributed by atoms with E-state index in [0.717, 1.165) is 11.8 Å². The van der Waals surface area contributed by atoms with Crippen LogP contribution in [0.25, 0.3) is 0 Å². The molecule has 2 heterocycles. The Balaban J connectivity index is 2.51. The van der Waals surface area contributed by atoms with Gasteiger partial charge in [0.2, 0.25) is 0 Å². The molecule has 1 aromatic heterocycles. The molecular formula is C16H16N2O5S. The minimum absolute atomic E-state index is 0.201. The zero-order chi connectivity index (χ0) is 17.7. The molecule has 0 amide bonds. The third-order valence-electron chi connectivity index (χ3n) is 3.31. The van der Waals surface area contributed by atoms with Crippen LogP contribution in [0.2, 0.25) is 0 Å². The molecular weight excluding hydrogens is 332 g/mol. The number of allylic oxidation sites excluding steroid dienone is 2. The van der Waals surface area contributed by atoms with E-state index in [1.165, 1.54) is 6.26 Å². The summed E-state index contributed by atoms with van der Waals surface area (Å²) in [7, 11) is 0. The molecule has 0 unspecified atom stereocenters. The number of esters is 1. The molecule has 0 spiro atoms. The topological polar surface area (TPSA) is 113 Å². The largest absolute Gasteiger partial charge is 0.481 e. The van der Waals surface area contributed by atoms with Gasteiger partial charge < -0.3 is 19.6 Å². The number of thioether (sulfide) groups is 1. The van der Waals surface area contributed by atoms with Crippen LogP contribution in [0.4, 0.5) is 0 Å². The predicted octanol–water partition coefficient (Wildman–Crippen LogP) is 2.36. The van der Waals surface area contributed by atoms with Gasteiger partial charge in [-0.05, 0) is 26.0 Å². The average Bonchev–Trinajstić information content (AvgIpc) is 3.06. The molecule has 0 saturated carbocycles. The summed E-state index contributed by atoms with van der Waals surface area (Å²) in [4.78, 5) is 23.2. The summed E-state index contributed by atoms with van der Waals surface area (Å²) in [6.45, 7) is 3.57. The van der Waals surface area contributed by atoms with Gasteiger partial charge in [-0.25, -0.2) is 4.79 Å². The van der Waals surface area contributed by atoms with Crippen LogP contribution in [0.15, 0.2) is 44.7 Å². The van der Waals surface area contributed by atoms with E-state index in [4.69, 9.17) is 14.3 Å². The molecule has 8 heteroatoms. The van der Waals surface area contributed by atoms with Crippen molar-refractivity contribution < 1.29 is 23.8 Å². The van der Waals surface area contributed by atoms with Gasteiger partial charge in [0.25, 0.3) is 0 Å². The highest BCUT2D eigenvalue weighted by Gasteiger charge is 2.37. The Kier molecular flexibility index (Phi) is 5.71. The Hall–Kier alpha value is -2.66. The fourth-order valence-corrected chi connectivity index (χ4v) is 3.19. The average molecular weight is 348 g/mol. The number of hydrogen-bond acceptors (Lipinski definition) is 7. The number of nitrogens with zero attached hydrogens (tertiary/aromatic N) is 1. The summed E-state index contributed by atoms with van der Waals surface area (Å²) in [6, 6.07) is 5.39. The molecule has 1 aromatic rings. The highest BCUT2D eigenvalue weighted by Crippen LogP contribution is 2.41. The second-order valence-corrected chi connectivity index (χ2v) is 5.86. The molecule has 1 aliphatic heterocycles. The van der Waals surface area contributed by atoms with Crippen molar-refractivity contribution in [2.24, 2.45) is 0 Å². The highest BCUT2D eigenvalue weighted by atomic mass is 32.2. The predicted molar refractivity (Wildman–Crippen MR) is 86.7 cm³/mol. The van der Waals surface area contributed by atoms with Crippen LogP contribution in [0.5, 0.6) is 0 Å². The fourth-order valence-electron chi connectivity index (χ4n) is 2.38. The van der Waals surface area contributed by atoms with Gasteiger partial charge in [0.1, 0.15) is 5.76 Å². The lowest BCUT2D eigenvalue weighted by molar-refractivity contribution is -0.139. The number of ether oxygens (including phenoxy) is 1. The molecule has 0 bridgehead atoms. The van der Waals surface area contributed by atoms with Gasteiger partial charge in [0, 0.05) is 5.70 Å². The lowest BCUT2D eigenvalue weighted by Crippen LogP contribution is -2.29. The number of nitriles is 1. The molecule has 0 radical (unpaired) electrons. The van der Waals surface area contributed by atoms with Crippen LogP contribution in [0, 0.1) is 11.3 Å². The first-order chi connectivity index (χ1) is 11.5. The Bertz CT molecular complexity index is 743. The number of hydrogen-bond donors (Lipinski definition) is 2. The number of nitrogens with one attached hydrogen (secondary N) is 1. The van der Waals surface area contributed by atoms with Crippen molar-refractivity contribution in [2.45, 2.75) is 19.8 Å². The molecule has 2 N–H and O–H groups in total. The maximum absolute atomic E-state index is 12.4. The lowest BCUT2D eigenvalue weighted by atomic mass is 9.86. The van der Waals surface area contributed by atoms with Crippen molar-refractivity contribution in [3.8, 4) is 6.07 Å². The van der Waals surface area contributed by atoms with Crippen LogP contribution in [-0.4, -0.2) is 29.4 Å². The molecule has 24 heavy (non-hydrogen) atoms. The number of carbonyl (C=O) groups excluding carboxylic acids is 1. The van der Waals surface area contributed by atoms with Crippen LogP contribution in [-0.2, 0) is 14.3 Å². The first-order valence-electron chi connectivity index (χ1n) is 7.16. The molecule has 126 valence electrons. The fraction of sp³-hybridized carbons (Fsp3) is 0.312. The maximum Gasteiger partial charge on any atom is 0.336 e. The van der Waals surface area contributed by atoms with Gasteiger partial charge in [-0.15, -0.1) is 0 Å². The number of rotatable bonds is 6. The normalized spacial score (nSPS) is 17.3. The molecule has 7 nitrogen and oxygen atoms in total. The van der Waals surface area contributed by atoms with E-state index in [2.05, 4.69) is 11.4 Å². The van der Waals surface area contributed by atoms with Crippen molar-refractivity contribution in [3.63, 3.8) is 0 Å². The summed E-state index contributed by atoms with van der Waals surface area (Å²) in [5.41, 5.74) is 1.01. The standard InChI is InChI=1S/C16H16N2O5S/c1-3-22-16(21)13-9(2)18-15(24-8-12(19)20)10(7-17)14(13)11-5-4-6-23-11/h4-6,14,18H,3,8H2,1-2H3,(H,19,20)/t14-/m0/s1. The number of carbonyl (C=O) groups is 2. The van der Waals surface area contributed by atoms with Gasteiger partial charge in [0.15, 0.2) is 0 Å². The van der Waals surface area contributed by atoms with E-state index in [0.29, 0.717) is 16.5 Å². The molecule has 2 rings (SSSR count). The van der Waals surface area contributed by atoms with Gasteiger partial charge in [-0.1, -0.05) is 11.8 Å². The van der Waals surface area contributed by atoms with Gasteiger partial charge >= 0.3 is 11.9 Å². The molecule has 1 aliphatic rings. The van der Waals surface area contributed by atoms with E-state index in [1.807, 2.05) is 0 Å². The minimum atomic E-state index is -1.00. The molecule has 0 aliphatic carbocycles. The summed E-state index contributed by atoms with van der Waals surface area (Å²) >= 11 is 0.989. The number of aliphatic carboxylic acids is 1. The molecule has 0 saturated heterocycles. The van der Waals surface area contributed by atoms with Crippen LogP contribution >= 0.6 is 11.8 Å². The number of carboxylic acids is 1. The van der Waals surface area contributed by atoms with E-state index in [-0.39, 0.29) is 23.5 Å². The maximum atomic E-state index is 12.4. The summed E-state index contributed by atoms with van der Waals surface area (Å²) < 4.78 is 10.5. The van der Waals surface area contributed by atoms with E-state index < -0.39 is 17.9 Å². The second kappa shape index (κ2) is 7.75. The molecule has 0 fully saturated rings. The molecule has 0 aromatic carbocycles.